The molecule has 0 unspecified atom stereocenters. The zero-order valence-corrected chi connectivity index (χ0v) is 16.7. The highest BCUT2D eigenvalue weighted by atomic mass is 32.1. The van der Waals surface area contributed by atoms with Crippen LogP contribution in [0.4, 0.5) is 0 Å². The molecule has 0 aliphatic heterocycles. The van der Waals surface area contributed by atoms with Crippen LogP contribution in [0, 0.1) is 6.92 Å². The fourth-order valence-electron chi connectivity index (χ4n) is 2.86. The van der Waals surface area contributed by atoms with Gasteiger partial charge in [0.1, 0.15) is 11.0 Å². The smallest absolute Gasteiger partial charge is 0.251 e. The van der Waals surface area contributed by atoms with Crippen molar-refractivity contribution in [2.45, 2.75) is 32.9 Å². The quantitative estimate of drug-likeness (QED) is 0.728. The molecule has 2 amide bonds. The number of hydrogen-bond donors (Lipinski definition) is 1. The van der Waals surface area contributed by atoms with E-state index in [9.17, 15) is 9.59 Å². The number of nitrogens with zero attached hydrogens (tertiary/aromatic N) is 2. The van der Waals surface area contributed by atoms with Crippen molar-refractivity contribution in [1.82, 2.24) is 15.2 Å². The number of amides is 2. The van der Waals surface area contributed by atoms with E-state index in [0.717, 1.165) is 20.8 Å². The number of likely N-dealkylation sites (N-methyl/N-ethyl adjacent to an activating group) is 1. The molecule has 27 heavy (non-hydrogen) atoms. The van der Waals surface area contributed by atoms with Gasteiger partial charge in [0.15, 0.2) is 0 Å². The van der Waals surface area contributed by atoms with Gasteiger partial charge in [-0.3, -0.25) is 9.59 Å². The average Bonchev–Trinajstić information content (AvgIpc) is 3.10. The number of thiazole rings is 1. The van der Waals surface area contributed by atoms with E-state index < -0.39 is 6.04 Å². The zero-order chi connectivity index (χ0) is 19.6. The fourth-order valence-corrected chi connectivity index (χ4v) is 3.92. The third-order valence-electron chi connectivity index (χ3n) is 4.59. The number of aryl methyl sites for hydroxylation is 1. The second-order valence-electron chi connectivity index (χ2n) is 6.71. The molecular formula is C21H23N3O2S. The summed E-state index contributed by atoms with van der Waals surface area (Å²) in [4.78, 5) is 31.5. The molecular weight excluding hydrogens is 358 g/mol. The van der Waals surface area contributed by atoms with E-state index in [-0.39, 0.29) is 17.9 Å². The van der Waals surface area contributed by atoms with Crippen LogP contribution < -0.4 is 5.32 Å². The molecule has 0 fully saturated rings. The van der Waals surface area contributed by atoms with Gasteiger partial charge in [-0.2, -0.15) is 0 Å². The van der Waals surface area contributed by atoms with Gasteiger partial charge in [-0.25, -0.2) is 4.98 Å². The predicted molar refractivity (Wildman–Crippen MR) is 109 cm³/mol. The van der Waals surface area contributed by atoms with E-state index in [1.807, 2.05) is 50.2 Å². The number of benzene rings is 2. The number of rotatable bonds is 5. The summed E-state index contributed by atoms with van der Waals surface area (Å²) in [5.41, 5.74) is 2.49. The van der Waals surface area contributed by atoms with Gasteiger partial charge >= 0.3 is 0 Å². The molecule has 2 atom stereocenters. The maximum Gasteiger partial charge on any atom is 0.251 e. The van der Waals surface area contributed by atoms with Crippen molar-refractivity contribution in [2.75, 3.05) is 7.05 Å². The van der Waals surface area contributed by atoms with E-state index in [1.54, 1.807) is 42.3 Å². The molecule has 1 N–H and O–H groups in total. The molecule has 0 radical (unpaired) electrons. The van der Waals surface area contributed by atoms with Crippen LogP contribution in [0.2, 0.25) is 0 Å². The summed E-state index contributed by atoms with van der Waals surface area (Å²) in [5, 5.41) is 3.67. The largest absolute Gasteiger partial charge is 0.341 e. The van der Waals surface area contributed by atoms with Crippen molar-refractivity contribution in [3.63, 3.8) is 0 Å². The number of fused-ring (bicyclic) bond motifs is 1. The zero-order valence-electron chi connectivity index (χ0n) is 15.9. The first-order valence-corrected chi connectivity index (χ1v) is 9.68. The number of nitrogens with one attached hydrogen (secondary N) is 1. The summed E-state index contributed by atoms with van der Waals surface area (Å²) in [5.74, 6) is -0.400. The van der Waals surface area contributed by atoms with Crippen molar-refractivity contribution < 1.29 is 9.59 Å². The second-order valence-corrected chi connectivity index (χ2v) is 7.77. The van der Waals surface area contributed by atoms with Gasteiger partial charge in [0.05, 0.1) is 16.3 Å². The van der Waals surface area contributed by atoms with E-state index >= 15 is 0 Å². The van der Waals surface area contributed by atoms with Crippen molar-refractivity contribution in [2.24, 2.45) is 0 Å². The molecule has 5 nitrogen and oxygen atoms in total. The Hall–Kier alpha value is -2.73. The van der Waals surface area contributed by atoms with Gasteiger partial charge < -0.3 is 10.2 Å². The molecule has 2 aromatic carbocycles. The lowest BCUT2D eigenvalue weighted by Gasteiger charge is -2.26. The van der Waals surface area contributed by atoms with Gasteiger partial charge in [-0.15, -0.1) is 11.3 Å². The molecule has 0 saturated heterocycles. The highest BCUT2D eigenvalue weighted by Crippen LogP contribution is 2.29. The van der Waals surface area contributed by atoms with Crippen LogP contribution in [0.1, 0.15) is 40.8 Å². The number of carbonyl (C=O) groups excluding carboxylic acids is 2. The number of para-hydroxylation sites is 1. The summed E-state index contributed by atoms with van der Waals surface area (Å²) in [7, 11) is 1.74. The van der Waals surface area contributed by atoms with E-state index in [1.165, 1.54) is 0 Å². The van der Waals surface area contributed by atoms with Crippen LogP contribution in [-0.2, 0) is 4.79 Å². The van der Waals surface area contributed by atoms with Gasteiger partial charge in [-0.05, 0) is 45.0 Å². The molecule has 6 heteroatoms. The molecule has 0 bridgehead atoms. The molecule has 0 spiro atoms. The topological polar surface area (TPSA) is 62.3 Å². The molecule has 0 saturated carbocycles. The minimum atomic E-state index is -0.625. The second kappa shape index (κ2) is 7.88. The summed E-state index contributed by atoms with van der Waals surface area (Å²) >= 11 is 1.58. The summed E-state index contributed by atoms with van der Waals surface area (Å²) in [6, 6.07) is 14.4. The van der Waals surface area contributed by atoms with Crippen molar-refractivity contribution in [3.05, 3.63) is 64.7 Å². The molecule has 3 rings (SSSR count). The highest BCUT2D eigenvalue weighted by molar-refractivity contribution is 7.18. The number of hydrogen-bond acceptors (Lipinski definition) is 4. The molecule has 0 aliphatic carbocycles. The number of aromatic nitrogens is 1. The van der Waals surface area contributed by atoms with Crippen LogP contribution in [0.5, 0.6) is 0 Å². The third kappa shape index (κ3) is 4.17. The number of carbonyl (C=O) groups is 2. The Morgan fingerprint density at radius 2 is 1.85 bits per heavy atom. The lowest BCUT2D eigenvalue weighted by atomic mass is 10.1. The van der Waals surface area contributed by atoms with E-state index in [0.29, 0.717) is 5.56 Å². The van der Waals surface area contributed by atoms with Crippen molar-refractivity contribution in [3.8, 4) is 0 Å². The summed E-state index contributed by atoms with van der Waals surface area (Å²) < 4.78 is 1.10. The van der Waals surface area contributed by atoms with Crippen molar-refractivity contribution in [1.29, 1.82) is 0 Å². The normalized spacial score (nSPS) is 13.2. The van der Waals surface area contributed by atoms with Crippen LogP contribution in [0.3, 0.4) is 0 Å². The Bertz CT molecular complexity index is 949. The lowest BCUT2D eigenvalue weighted by Crippen LogP contribution is -2.46. The molecule has 3 aromatic rings. The van der Waals surface area contributed by atoms with Gasteiger partial charge in [0.2, 0.25) is 5.91 Å². The monoisotopic (exact) mass is 381 g/mol. The average molecular weight is 382 g/mol. The van der Waals surface area contributed by atoms with Crippen molar-refractivity contribution >= 4 is 33.4 Å². The maximum atomic E-state index is 12.8. The minimum Gasteiger partial charge on any atom is -0.341 e. The van der Waals surface area contributed by atoms with Crippen LogP contribution in [0.15, 0.2) is 48.5 Å². The Kier molecular flexibility index (Phi) is 5.56. The Balaban J connectivity index is 1.69. The standard InChI is InChI=1S/C21H23N3O2S/c1-13-8-7-9-16(12-13)19(25)22-14(2)21(26)24(4)15(3)20-23-17-10-5-6-11-18(17)27-20/h5-12,14-15H,1-4H3,(H,22,25)/t14-,15+/m0/s1. The van der Waals surface area contributed by atoms with Crippen LogP contribution in [-0.4, -0.2) is 34.8 Å². The first-order chi connectivity index (χ1) is 12.9. The molecule has 1 aromatic heterocycles. The van der Waals surface area contributed by atoms with Crippen LogP contribution in [0.25, 0.3) is 10.2 Å². The Morgan fingerprint density at radius 3 is 2.56 bits per heavy atom. The highest BCUT2D eigenvalue weighted by Gasteiger charge is 2.26. The molecule has 1 heterocycles. The van der Waals surface area contributed by atoms with E-state index in [4.69, 9.17) is 0 Å². The fraction of sp³-hybridized carbons (Fsp3) is 0.286. The third-order valence-corrected chi connectivity index (χ3v) is 5.80. The maximum absolute atomic E-state index is 12.8. The molecule has 0 aliphatic rings. The van der Waals surface area contributed by atoms with Crippen LogP contribution >= 0.6 is 11.3 Å². The first-order valence-electron chi connectivity index (χ1n) is 8.86. The SMILES string of the molecule is Cc1cccc(C(=O)N[C@@H](C)C(=O)N(C)[C@H](C)c2nc3ccccc3s2)c1. The molecule has 140 valence electrons. The lowest BCUT2D eigenvalue weighted by molar-refractivity contribution is -0.133. The predicted octanol–water partition coefficient (Wildman–Crippen LogP) is 3.94. The van der Waals surface area contributed by atoms with Gasteiger partial charge in [0.25, 0.3) is 5.91 Å². The summed E-state index contributed by atoms with van der Waals surface area (Å²) in [6.45, 7) is 5.58. The van der Waals surface area contributed by atoms with E-state index in [2.05, 4.69) is 10.3 Å². The van der Waals surface area contributed by atoms with Gasteiger partial charge in [0, 0.05) is 12.6 Å². The Labute approximate surface area is 163 Å². The summed E-state index contributed by atoms with van der Waals surface area (Å²) in [6.07, 6.45) is 0. The van der Waals surface area contributed by atoms with Gasteiger partial charge in [-0.1, -0.05) is 29.8 Å². The Morgan fingerprint density at radius 1 is 1.11 bits per heavy atom. The first kappa shape index (κ1) is 19.0. The minimum absolute atomic E-state index is 0.150.